The summed E-state index contributed by atoms with van der Waals surface area (Å²) in [5, 5.41) is 5.14. The fraction of sp³-hybridized carbons (Fsp3) is 0.727. The number of hydrogen-bond donors (Lipinski definition) is 2. The van der Waals surface area contributed by atoms with E-state index in [1.165, 1.54) is 13.8 Å². The van der Waals surface area contributed by atoms with Crippen molar-refractivity contribution in [3.63, 3.8) is 0 Å². The summed E-state index contributed by atoms with van der Waals surface area (Å²) < 4.78 is 0. The van der Waals surface area contributed by atoms with Crippen LogP contribution in [0.2, 0.25) is 0 Å². The molecule has 0 saturated carbocycles. The van der Waals surface area contributed by atoms with E-state index in [2.05, 4.69) is 10.6 Å². The minimum atomic E-state index is -0.771. The van der Waals surface area contributed by atoms with E-state index in [0.29, 0.717) is 13.1 Å². The molecular weight excluding hydrogens is 222 g/mol. The number of rotatable bonds is 7. The fourth-order valence-corrected chi connectivity index (χ4v) is 1.27. The molecule has 17 heavy (non-hydrogen) atoms. The minimum Gasteiger partial charge on any atom is -0.353 e. The molecule has 0 rings (SSSR count). The first-order valence-electron chi connectivity index (χ1n) is 5.52. The van der Waals surface area contributed by atoms with Crippen molar-refractivity contribution in [1.82, 2.24) is 15.5 Å². The highest BCUT2D eigenvalue weighted by atomic mass is 16.2. The summed E-state index contributed by atoms with van der Waals surface area (Å²) in [6.07, 6.45) is 0.0212. The van der Waals surface area contributed by atoms with Crippen molar-refractivity contribution in [2.45, 2.75) is 26.3 Å². The second-order valence-electron chi connectivity index (χ2n) is 4.25. The summed E-state index contributed by atoms with van der Waals surface area (Å²) in [6, 6.07) is -0.771. The monoisotopic (exact) mass is 243 g/mol. The van der Waals surface area contributed by atoms with Crippen LogP contribution in [0.4, 0.5) is 0 Å². The molecule has 0 radical (unpaired) electrons. The number of amides is 2. The highest BCUT2D eigenvalue weighted by Gasteiger charge is 2.20. The van der Waals surface area contributed by atoms with Crippen molar-refractivity contribution < 1.29 is 14.4 Å². The molecule has 0 heterocycles. The van der Waals surface area contributed by atoms with Gasteiger partial charge in [-0.2, -0.15) is 0 Å². The van der Waals surface area contributed by atoms with Crippen molar-refractivity contribution >= 4 is 17.6 Å². The molecule has 1 unspecified atom stereocenters. The number of hydrogen-bond acceptors (Lipinski definition) is 4. The predicted octanol–water partition coefficient (Wildman–Crippen LogP) is -0.852. The van der Waals surface area contributed by atoms with Crippen LogP contribution in [0.5, 0.6) is 0 Å². The maximum atomic E-state index is 11.7. The van der Waals surface area contributed by atoms with Gasteiger partial charge in [0.15, 0.2) is 0 Å². The zero-order chi connectivity index (χ0) is 13.4. The van der Waals surface area contributed by atoms with E-state index in [4.69, 9.17) is 0 Å². The second-order valence-corrected chi connectivity index (χ2v) is 4.25. The SMILES string of the molecule is CC(=O)CC(NC(C)=O)C(=O)NCCN(C)C. The Balaban J connectivity index is 4.22. The Morgan fingerprint density at radius 1 is 1.18 bits per heavy atom. The van der Waals surface area contributed by atoms with Crippen LogP contribution < -0.4 is 10.6 Å². The smallest absolute Gasteiger partial charge is 0.243 e. The Kier molecular flexibility index (Phi) is 7.13. The molecular formula is C11H21N3O3. The molecule has 6 nitrogen and oxygen atoms in total. The van der Waals surface area contributed by atoms with Gasteiger partial charge in [0, 0.05) is 26.4 Å². The maximum Gasteiger partial charge on any atom is 0.243 e. The zero-order valence-electron chi connectivity index (χ0n) is 10.9. The molecule has 0 aliphatic rings. The first-order chi connectivity index (χ1) is 7.82. The van der Waals surface area contributed by atoms with Gasteiger partial charge in [-0.15, -0.1) is 0 Å². The van der Waals surface area contributed by atoms with Crippen molar-refractivity contribution in [2.75, 3.05) is 27.2 Å². The molecule has 0 aromatic heterocycles. The van der Waals surface area contributed by atoms with Crippen molar-refractivity contribution in [2.24, 2.45) is 0 Å². The second kappa shape index (κ2) is 7.78. The average molecular weight is 243 g/mol. The van der Waals surface area contributed by atoms with Crippen LogP contribution in [-0.2, 0) is 14.4 Å². The molecule has 0 spiro atoms. The van der Waals surface area contributed by atoms with Gasteiger partial charge in [0.2, 0.25) is 11.8 Å². The van der Waals surface area contributed by atoms with Gasteiger partial charge < -0.3 is 15.5 Å². The number of likely N-dealkylation sites (N-methyl/N-ethyl adjacent to an activating group) is 1. The minimum absolute atomic E-state index is 0.0212. The van der Waals surface area contributed by atoms with E-state index in [0.717, 1.165) is 0 Å². The van der Waals surface area contributed by atoms with Gasteiger partial charge in [-0.1, -0.05) is 0 Å². The third kappa shape index (κ3) is 8.38. The van der Waals surface area contributed by atoms with E-state index in [1.807, 2.05) is 19.0 Å². The number of nitrogens with zero attached hydrogens (tertiary/aromatic N) is 1. The largest absolute Gasteiger partial charge is 0.353 e. The van der Waals surface area contributed by atoms with Crippen molar-refractivity contribution in [3.05, 3.63) is 0 Å². The molecule has 2 N–H and O–H groups in total. The third-order valence-corrected chi connectivity index (χ3v) is 2.04. The summed E-state index contributed by atoms with van der Waals surface area (Å²) in [4.78, 5) is 35.5. The lowest BCUT2D eigenvalue weighted by atomic mass is 10.1. The van der Waals surface area contributed by atoms with E-state index < -0.39 is 6.04 Å². The van der Waals surface area contributed by atoms with Gasteiger partial charge in [0.1, 0.15) is 11.8 Å². The normalized spacial score (nSPS) is 12.1. The Bertz CT molecular complexity index is 274. The van der Waals surface area contributed by atoms with Crippen LogP contribution in [0.15, 0.2) is 0 Å². The average Bonchev–Trinajstić information content (AvgIpc) is 2.14. The van der Waals surface area contributed by atoms with E-state index in [9.17, 15) is 14.4 Å². The summed E-state index contributed by atoms with van der Waals surface area (Å²) in [6.45, 7) is 3.90. The summed E-state index contributed by atoms with van der Waals surface area (Å²) in [5.74, 6) is -0.775. The third-order valence-electron chi connectivity index (χ3n) is 2.04. The van der Waals surface area contributed by atoms with Crippen LogP contribution in [-0.4, -0.2) is 55.7 Å². The van der Waals surface area contributed by atoms with Crippen LogP contribution in [0, 0.1) is 0 Å². The van der Waals surface area contributed by atoms with Gasteiger partial charge in [0.25, 0.3) is 0 Å². The molecule has 0 aromatic rings. The standard InChI is InChI=1S/C11H21N3O3/c1-8(15)7-10(13-9(2)16)11(17)12-5-6-14(3)4/h10H,5-7H2,1-4H3,(H,12,17)(H,13,16). The van der Waals surface area contributed by atoms with Gasteiger partial charge >= 0.3 is 0 Å². The zero-order valence-corrected chi connectivity index (χ0v) is 10.9. The van der Waals surface area contributed by atoms with Gasteiger partial charge in [-0.25, -0.2) is 0 Å². The molecule has 0 bridgehead atoms. The molecule has 0 saturated heterocycles. The number of carbonyl (C=O) groups excluding carboxylic acids is 3. The Morgan fingerprint density at radius 3 is 2.18 bits per heavy atom. The lowest BCUT2D eigenvalue weighted by molar-refractivity contribution is -0.130. The number of nitrogens with one attached hydrogen (secondary N) is 2. The Hall–Kier alpha value is -1.43. The predicted molar refractivity (Wildman–Crippen MR) is 64.5 cm³/mol. The highest BCUT2D eigenvalue weighted by Crippen LogP contribution is 1.94. The van der Waals surface area contributed by atoms with Crippen molar-refractivity contribution in [1.29, 1.82) is 0 Å². The summed E-state index contributed by atoms with van der Waals surface area (Å²) in [5.41, 5.74) is 0. The van der Waals surface area contributed by atoms with Crippen molar-refractivity contribution in [3.8, 4) is 0 Å². The Morgan fingerprint density at radius 2 is 1.76 bits per heavy atom. The first-order valence-corrected chi connectivity index (χ1v) is 5.52. The molecule has 6 heteroatoms. The lowest BCUT2D eigenvalue weighted by Crippen LogP contribution is -2.48. The molecule has 2 amide bonds. The van der Waals surface area contributed by atoms with Gasteiger partial charge in [-0.05, 0) is 21.0 Å². The number of carbonyl (C=O) groups is 3. The van der Waals surface area contributed by atoms with Gasteiger partial charge in [0.05, 0.1) is 0 Å². The van der Waals surface area contributed by atoms with E-state index >= 15 is 0 Å². The first kappa shape index (κ1) is 15.6. The summed E-state index contributed by atoms with van der Waals surface area (Å²) in [7, 11) is 3.79. The van der Waals surface area contributed by atoms with E-state index in [1.54, 1.807) is 0 Å². The van der Waals surface area contributed by atoms with Crippen LogP contribution in [0.3, 0.4) is 0 Å². The molecule has 0 aromatic carbocycles. The van der Waals surface area contributed by atoms with Crippen LogP contribution >= 0.6 is 0 Å². The highest BCUT2D eigenvalue weighted by molar-refractivity contribution is 5.91. The Labute approximate surface area is 102 Å². The van der Waals surface area contributed by atoms with E-state index in [-0.39, 0.29) is 24.0 Å². The van der Waals surface area contributed by atoms with Crippen LogP contribution in [0.25, 0.3) is 0 Å². The summed E-state index contributed by atoms with van der Waals surface area (Å²) >= 11 is 0. The fourth-order valence-electron chi connectivity index (χ4n) is 1.27. The quantitative estimate of drug-likeness (QED) is 0.610. The molecule has 1 atom stereocenters. The molecule has 0 aliphatic carbocycles. The molecule has 0 fully saturated rings. The number of Topliss-reactive ketones (excluding diaryl/α,β-unsaturated/α-hetero) is 1. The maximum absolute atomic E-state index is 11.7. The number of ketones is 1. The van der Waals surface area contributed by atoms with Gasteiger partial charge in [-0.3, -0.25) is 14.4 Å². The van der Waals surface area contributed by atoms with Crippen LogP contribution in [0.1, 0.15) is 20.3 Å². The molecule has 0 aliphatic heterocycles. The molecule has 98 valence electrons. The topological polar surface area (TPSA) is 78.5 Å². The lowest BCUT2D eigenvalue weighted by Gasteiger charge is -2.17.